The summed E-state index contributed by atoms with van der Waals surface area (Å²) in [5, 5.41) is 6.87. The van der Waals surface area contributed by atoms with Crippen LogP contribution in [0.3, 0.4) is 0 Å². The van der Waals surface area contributed by atoms with Gasteiger partial charge in [-0.25, -0.2) is 9.40 Å². The van der Waals surface area contributed by atoms with Crippen LogP contribution < -0.4 is 14.2 Å². The number of halogens is 1. The van der Waals surface area contributed by atoms with Gasteiger partial charge in [0.05, 0.1) is 31.5 Å². The van der Waals surface area contributed by atoms with E-state index >= 15 is 0 Å². The van der Waals surface area contributed by atoms with Crippen LogP contribution in [0.25, 0.3) is 0 Å². The van der Waals surface area contributed by atoms with Crippen LogP contribution in [0.1, 0.15) is 35.4 Å². The molecule has 3 aromatic rings. The largest absolute Gasteiger partial charge is 0.493 e. The van der Waals surface area contributed by atoms with Gasteiger partial charge in [-0.05, 0) is 35.9 Å². The van der Waals surface area contributed by atoms with Gasteiger partial charge in [-0.1, -0.05) is 36.4 Å². The van der Waals surface area contributed by atoms with E-state index in [1.165, 1.54) is 12.1 Å². The van der Waals surface area contributed by atoms with Crippen molar-refractivity contribution < 1.29 is 18.6 Å². The second-order valence-electron chi connectivity index (χ2n) is 7.24. The highest BCUT2D eigenvalue weighted by molar-refractivity contribution is 6.01. The van der Waals surface area contributed by atoms with Gasteiger partial charge in [-0.15, -0.1) is 0 Å². The second-order valence-corrected chi connectivity index (χ2v) is 7.24. The number of hydrogen-bond acceptors (Lipinski definition) is 5. The summed E-state index contributed by atoms with van der Waals surface area (Å²) in [7, 11) is 3.23. The molecule has 152 valence electrons. The number of ether oxygens (including phenoxy) is 3. The first-order valence-electron chi connectivity index (χ1n) is 9.78. The minimum atomic E-state index is -0.479. The molecule has 0 spiro atoms. The Bertz CT molecular complexity index is 1110. The number of hydrogen-bond donors (Lipinski definition) is 0. The SMILES string of the molecule is COc1cccc(C2Oc3ccccc3C3CC(c4ccc(F)cc4)=NN32)c1OC. The molecular weight excluding hydrogens is 383 g/mol. The maximum atomic E-state index is 13.4. The Labute approximate surface area is 174 Å². The number of hydrazone groups is 1. The van der Waals surface area contributed by atoms with Crippen molar-refractivity contribution in [3.63, 3.8) is 0 Å². The lowest BCUT2D eigenvalue weighted by Crippen LogP contribution is -2.34. The molecule has 5 nitrogen and oxygen atoms in total. The Hall–Kier alpha value is -3.54. The number of fused-ring (bicyclic) bond motifs is 3. The van der Waals surface area contributed by atoms with E-state index in [-0.39, 0.29) is 11.9 Å². The summed E-state index contributed by atoms with van der Waals surface area (Å²) in [4.78, 5) is 0. The van der Waals surface area contributed by atoms with Crippen molar-refractivity contribution in [2.24, 2.45) is 5.10 Å². The molecule has 0 aliphatic carbocycles. The summed E-state index contributed by atoms with van der Waals surface area (Å²) in [5.74, 6) is 1.82. The van der Waals surface area contributed by atoms with Crippen molar-refractivity contribution in [1.29, 1.82) is 0 Å². The highest BCUT2D eigenvalue weighted by atomic mass is 19.1. The molecule has 2 unspecified atom stereocenters. The predicted molar refractivity (Wildman–Crippen MR) is 111 cm³/mol. The van der Waals surface area contributed by atoms with Crippen molar-refractivity contribution in [3.05, 3.63) is 89.2 Å². The third kappa shape index (κ3) is 2.96. The smallest absolute Gasteiger partial charge is 0.217 e. The Morgan fingerprint density at radius 1 is 0.933 bits per heavy atom. The summed E-state index contributed by atoms with van der Waals surface area (Å²) >= 11 is 0. The molecule has 0 aromatic heterocycles. The third-order valence-corrected chi connectivity index (χ3v) is 5.58. The maximum Gasteiger partial charge on any atom is 0.217 e. The molecule has 0 N–H and O–H groups in total. The number of para-hydroxylation sites is 2. The average molecular weight is 404 g/mol. The van der Waals surface area contributed by atoms with Gasteiger partial charge in [0, 0.05) is 12.0 Å². The molecule has 0 saturated heterocycles. The molecule has 0 amide bonds. The van der Waals surface area contributed by atoms with Gasteiger partial charge in [0.1, 0.15) is 11.6 Å². The van der Waals surface area contributed by atoms with E-state index in [1.54, 1.807) is 26.4 Å². The third-order valence-electron chi connectivity index (χ3n) is 5.58. The van der Waals surface area contributed by atoms with E-state index in [1.807, 2.05) is 41.4 Å². The molecule has 0 radical (unpaired) electrons. The van der Waals surface area contributed by atoms with Crippen molar-refractivity contribution >= 4 is 5.71 Å². The van der Waals surface area contributed by atoms with Crippen LogP contribution in [0.4, 0.5) is 4.39 Å². The van der Waals surface area contributed by atoms with Gasteiger partial charge in [-0.2, -0.15) is 5.10 Å². The van der Waals surface area contributed by atoms with Crippen LogP contribution in [-0.2, 0) is 0 Å². The number of methoxy groups -OCH3 is 2. The Morgan fingerprint density at radius 2 is 1.70 bits per heavy atom. The van der Waals surface area contributed by atoms with E-state index in [0.29, 0.717) is 17.9 Å². The van der Waals surface area contributed by atoms with Gasteiger partial charge in [0.2, 0.25) is 6.23 Å². The molecule has 6 heteroatoms. The van der Waals surface area contributed by atoms with E-state index in [2.05, 4.69) is 6.07 Å². The lowest BCUT2D eigenvalue weighted by molar-refractivity contribution is -0.0205. The Balaban J connectivity index is 1.62. The fraction of sp³-hybridized carbons (Fsp3) is 0.208. The number of benzene rings is 3. The van der Waals surface area contributed by atoms with Gasteiger partial charge < -0.3 is 14.2 Å². The van der Waals surface area contributed by atoms with Crippen LogP contribution in [0, 0.1) is 5.82 Å². The molecule has 2 heterocycles. The first-order chi connectivity index (χ1) is 14.7. The summed E-state index contributed by atoms with van der Waals surface area (Å²) in [5.41, 5.74) is 3.71. The minimum absolute atomic E-state index is 0.0101. The average Bonchev–Trinajstić information content (AvgIpc) is 3.24. The van der Waals surface area contributed by atoms with Gasteiger partial charge >= 0.3 is 0 Å². The maximum absolute atomic E-state index is 13.4. The summed E-state index contributed by atoms with van der Waals surface area (Å²) in [6.45, 7) is 0. The summed E-state index contributed by atoms with van der Waals surface area (Å²) in [6, 6.07) is 20.2. The standard InChI is InChI=1S/C24H21FN2O3/c1-28-22-9-5-7-18(23(22)29-2)24-27-20(17-6-3-4-8-21(17)30-24)14-19(26-27)15-10-12-16(25)13-11-15/h3-13,20,24H,14H2,1-2H3. The predicted octanol–water partition coefficient (Wildman–Crippen LogP) is 5.09. The first-order valence-corrected chi connectivity index (χ1v) is 9.78. The molecule has 2 aliphatic rings. The highest BCUT2D eigenvalue weighted by Crippen LogP contribution is 2.49. The minimum Gasteiger partial charge on any atom is -0.493 e. The van der Waals surface area contributed by atoms with E-state index in [0.717, 1.165) is 28.2 Å². The molecule has 2 atom stereocenters. The molecule has 0 bridgehead atoms. The van der Waals surface area contributed by atoms with E-state index < -0.39 is 6.23 Å². The van der Waals surface area contributed by atoms with Crippen molar-refractivity contribution in [2.75, 3.05) is 14.2 Å². The second kappa shape index (κ2) is 7.37. The Kier molecular flexibility index (Phi) is 4.54. The zero-order valence-electron chi connectivity index (χ0n) is 16.7. The zero-order chi connectivity index (χ0) is 20.7. The monoisotopic (exact) mass is 404 g/mol. The molecular formula is C24H21FN2O3. The fourth-order valence-electron chi connectivity index (χ4n) is 4.16. The van der Waals surface area contributed by atoms with Crippen molar-refractivity contribution in [3.8, 4) is 17.2 Å². The lowest BCUT2D eigenvalue weighted by Gasteiger charge is -2.38. The number of rotatable bonds is 4. The quantitative estimate of drug-likeness (QED) is 0.608. The van der Waals surface area contributed by atoms with Crippen LogP contribution >= 0.6 is 0 Å². The van der Waals surface area contributed by atoms with Crippen LogP contribution in [0.15, 0.2) is 71.8 Å². The van der Waals surface area contributed by atoms with Crippen molar-refractivity contribution in [2.45, 2.75) is 18.7 Å². The van der Waals surface area contributed by atoms with Crippen LogP contribution in [0.2, 0.25) is 0 Å². The fourth-order valence-corrected chi connectivity index (χ4v) is 4.16. The van der Waals surface area contributed by atoms with E-state index in [9.17, 15) is 4.39 Å². The summed E-state index contributed by atoms with van der Waals surface area (Å²) < 4.78 is 30.9. The normalized spacial score (nSPS) is 19.4. The van der Waals surface area contributed by atoms with Gasteiger partial charge in [-0.3, -0.25) is 0 Å². The summed E-state index contributed by atoms with van der Waals surface area (Å²) in [6.07, 6.45) is 0.224. The molecule has 5 rings (SSSR count). The van der Waals surface area contributed by atoms with Crippen molar-refractivity contribution in [1.82, 2.24) is 5.01 Å². The van der Waals surface area contributed by atoms with Gasteiger partial charge in [0.15, 0.2) is 11.5 Å². The molecule has 0 fully saturated rings. The number of nitrogens with zero attached hydrogens (tertiary/aromatic N) is 2. The molecule has 2 aliphatic heterocycles. The van der Waals surface area contributed by atoms with Crippen LogP contribution in [-0.4, -0.2) is 24.9 Å². The first kappa shape index (κ1) is 18.5. The molecule has 3 aromatic carbocycles. The van der Waals surface area contributed by atoms with Crippen LogP contribution in [0.5, 0.6) is 17.2 Å². The van der Waals surface area contributed by atoms with E-state index in [4.69, 9.17) is 19.3 Å². The zero-order valence-corrected chi connectivity index (χ0v) is 16.7. The molecule has 30 heavy (non-hydrogen) atoms. The Morgan fingerprint density at radius 3 is 2.47 bits per heavy atom. The van der Waals surface area contributed by atoms with Gasteiger partial charge in [0.25, 0.3) is 0 Å². The topological polar surface area (TPSA) is 43.3 Å². The lowest BCUT2D eigenvalue weighted by atomic mass is 9.96. The highest BCUT2D eigenvalue weighted by Gasteiger charge is 2.42. The molecule has 0 saturated carbocycles.